The second kappa shape index (κ2) is 6.19. The molecule has 0 fully saturated rings. The summed E-state index contributed by atoms with van der Waals surface area (Å²) in [7, 11) is 0. The molecule has 0 aromatic carbocycles. The molecule has 0 unspecified atom stereocenters. The average Bonchev–Trinajstić information content (AvgIpc) is 2.55. The lowest BCUT2D eigenvalue weighted by Gasteiger charge is -2.09. The highest BCUT2D eigenvalue weighted by Crippen LogP contribution is 2.21. The SMILES string of the molecule is CCc1ccncc1NC(=O)c1ccc2cncc(Br)c2n1. The maximum Gasteiger partial charge on any atom is 0.274 e. The van der Waals surface area contributed by atoms with Crippen molar-refractivity contribution in [1.29, 1.82) is 0 Å². The number of carbonyl (C=O) groups is 1. The van der Waals surface area contributed by atoms with Crippen LogP contribution in [0.2, 0.25) is 0 Å². The van der Waals surface area contributed by atoms with E-state index in [1.807, 2.05) is 19.1 Å². The molecule has 110 valence electrons. The molecule has 5 nitrogen and oxygen atoms in total. The van der Waals surface area contributed by atoms with Crippen molar-refractivity contribution in [2.45, 2.75) is 13.3 Å². The van der Waals surface area contributed by atoms with E-state index in [2.05, 4.69) is 36.2 Å². The smallest absolute Gasteiger partial charge is 0.274 e. The van der Waals surface area contributed by atoms with Crippen LogP contribution in [-0.2, 0) is 6.42 Å². The van der Waals surface area contributed by atoms with Crippen LogP contribution < -0.4 is 5.32 Å². The molecular formula is C16H13BrN4O. The number of nitrogens with zero attached hydrogens (tertiary/aromatic N) is 3. The first-order valence-corrected chi connectivity index (χ1v) is 7.63. The summed E-state index contributed by atoms with van der Waals surface area (Å²) in [5.41, 5.74) is 2.81. The van der Waals surface area contributed by atoms with Gasteiger partial charge in [-0.25, -0.2) is 4.98 Å². The van der Waals surface area contributed by atoms with Gasteiger partial charge in [0.15, 0.2) is 0 Å². The van der Waals surface area contributed by atoms with Crippen molar-refractivity contribution in [3.63, 3.8) is 0 Å². The van der Waals surface area contributed by atoms with E-state index in [-0.39, 0.29) is 5.91 Å². The van der Waals surface area contributed by atoms with Crippen molar-refractivity contribution in [3.8, 4) is 0 Å². The molecule has 1 amide bonds. The maximum absolute atomic E-state index is 12.4. The minimum absolute atomic E-state index is 0.256. The zero-order valence-electron chi connectivity index (χ0n) is 11.9. The molecular weight excluding hydrogens is 344 g/mol. The average molecular weight is 357 g/mol. The molecule has 0 aliphatic heterocycles. The normalized spacial score (nSPS) is 10.6. The summed E-state index contributed by atoms with van der Waals surface area (Å²) in [5, 5.41) is 3.74. The minimum Gasteiger partial charge on any atom is -0.319 e. The van der Waals surface area contributed by atoms with Crippen LogP contribution >= 0.6 is 15.9 Å². The van der Waals surface area contributed by atoms with E-state index in [4.69, 9.17) is 0 Å². The standard InChI is InChI=1S/C16H13BrN4O/c1-2-10-5-6-18-9-14(10)21-16(22)13-4-3-11-7-19-8-12(17)15(11)20-13/h3-9H,2H2,1H3,(H,21,22). The molecule has 0 aliphatic carbocycles. The first-order chi connectivity index (χ1) is 10.7. The number of carbonyl (C=O) groups excluding carboxylic acids is 1. The lowest BCUT2D eigenvalue weighted by Crippen LogP contribution is -2.15. The molecule has 0 bridgehead atoms. The number of rotatable bonds is 3. The number of amides is 1. The van der Waals surface area contributed by atoms with E-state index in [1.165, 1.54) is 0 Å². The third kappa shape index (κ3) is 2.82. The van der Waals surface area contributed by atoms with Gasteiger partial charge in [-0.15, -0.1) is 0 Å². The molecule has 0 spiro atoms. The lowest BCUT2D eigenvalue weighted by molar-refractivity contribution is 0.102. The van der Waals surface area contributed by atoms with Crippen molar-refractivity contribution >= 4 is 38.4 Å². The largest absolute Gasteiger partial charge is 0.319 e. The number of fused-ring (bicyclic) bond motifs is 1. The summed E-state index contributed by atoms with van der Waals surface area (Å²) in [4.78, 5) is 24.9. The van der Waals surface area contributed by atoms with Crippen LogP contribution in [0, 0.1) is 0 Å². The highest BCUT2D eigenvalue weighted by molar-refractivity contribution is 9.10. The molecule has 3 aromatic heterocycles. The van der Waals surface area contributed by atoms with Crippen LogP contribution in [0.1, 0.15) is 23.0 Å². The van der Waals surface area contributed by atoms with Crippen LogP contribution in [0.15, 0.2) is 47.5 Å². The van der Waals surface area contributed by atoms with Crippen molar-refractivity contribution < 1.29 is 4.79 Å². The van der Waals surface area contributed by atoms with Crippen molar-refractivity contribution in [1.82, 2.24) is 15.0 Å². The predicted octanol–water partition coefficient (Wildman–Crippen LogP) is 3.60. The molecule has 1 N–H and O–H groups in total. The summed E-state index contributed by atoms with van der Waals surface area (Å²) < 4.78 is 0.760. The number of aromatic nitrogens is 3. The molecule has 0 saturated heterocycles. The molecule has 0 aliphatic rings. The van der Waals surface area contributed by atoms with Gasteiger partial charge in [0.1, 0.15) is 5.69 Å². The Bertz CT molecular complexity index is 850. The third-order valence-corrected chi connectivity index (χ3v) is 3.91. The molecule has 3 aromatic rings. The summed E-state index contributed by atoms with van der Waals surface area (Å²) in [5.74, 6) is -0.256. The first-order valence-electron chi connectivity index (χ1n) is 6.83. The van der Waals surface area contributed by atoms with Crippen LogP contribution in [0.5, 0.6) is 0 Å². The van der Waals surface area contributed by atoms with Gasteiger partial charge in [0, 0.05) is 24.0 Å². The number of anilines is 1. The van der Waals surface area contributed by atoms with Crippen molar-refractivity contribution in [2.24, 2.45) is 0 Å². The molecule has 3 heterocycles. The van der Waals surface area contributed by atoms with E-state index in [9.17, 15) is 4.79 Å². The Labute approximate surface area is 136 Å². The first kappa shape index (κ1) is 14.6. The van der Waals surface area contributed by atoms with Crippen LogP contribution in [-0.4, -0.2) is 20.9 Å². The number of hydrogen-bond acceptors (Lipinski definition) is 4. The van der Waals surface area contributed by atoms with Gasteiger partial charge < -0.3 is 5.32 Å². The number of nitrogens with one attached hydrogen (secondary N) is 1. The molecule has 0 atom stereocenters. The Hall–Kier alpha value is -2.34. The molecule has 3 rings (SSSR count). The summed E-state index contributed by atoms with van der Waals surface area (Å²) in [6, 6.07) is 5.42. The second-order valence-corrected chi connectivity index (χ2v) is 5.58. The summed E-state index contributed by atoms with van der Waals surface area (Å²) in [6.45, 7) is 2.03. The lowest BCUT2D eigenvalue weighted by atomic mass is 10.1. The molecule has 0 saturated carbocycles. The zero-order valence-corrected chi connectivity index (χ0v) is 13.5. The Kier molecular flexibility index (Phi) is 4.11. The van der Waals surface area contributed by atoms with Gasteiger partial charge in [0.2, 0.25) is 0 Å². The molecule has 6 heteroatoms. The van der Waals surface area contributed by atoms with Crippen LogP contribution in [0.4, 0.5) is 5.69 Å². The number of halogens is 1. The van der Waals surface area contributed by atoms with Gasteiger partial charge in [-0.2, -0.15) is 0 Å². The topological polar surface area (TPSA) is 67.8 Å². The summed E-state index contributed by atoms with van der Waals surface area (Å²) in [6.07, 6.45) is 7.56. The fourth-order valence-corrected chi connectivity index (χ4v) is 2.60. The van der Waals surface area contributed by atoms with Crippen molar-refractivity contribution in [2.75, 3.05) is 5.32 Å². The predicted molar refractivity (Wildman–Crippen MR) is 88.8 cm³/mol. The maximum atomic E-state index is 12.4. The molecule has 0 radical (unpaired) electrons. The van der Waals surface area contributed by atoms with Gasteiger partial charge >= 0.3 is 0 Å². The monoisotopic (exact) mass is 356 g/mol. The Morgan fingerprint density at radius 2 is 2.05 bits per heavy atom. The van der Waals surface area contributed by atoms with Gasteiger partial charge in [-0.1, -0.05) is 6.92 Å². The van der Waals surface area contributed by atoms with Crippen LogP contribution in [0.25, 0.3) is 10.9 Å². The van der Waals surface area contributed by atoms with Gasteiger partial charge in [-0.3, -0.25) is 14.8 Å². The zero-order chi connectivity index (χ0) is 15.5. The minimum atomic E-state index is -0.256. The van der Waals surface area contributed by atoms with Gasteiger partial charge in [-0.05, 0) is 46.1 Å². The van der Waals surface area contributed by atoms with E-state index in [0.717, 1.165) is 21.8 Å². The fourth-order valence-electron chi connectivity index (χ4n) is 2.17. The Morgan fingerprint density at radius 3 is 2.86 bits per heavy atom. The van der Waals surface area contributed by atoms with E-state index >= 15 is 0 Å². The quantitative estimate of drug-likeness (QED) is 0.778. The molecule has 22 heavy (non-hydrogen) atoms. The van der Waals surface area contributed by atoms with E-state index in [1.54, 1.807) is 30.9 Å². The third-order valence-electron chi connectivity index (χ3n) is 3.33. The van der Waals surface area contributed by atoms with E-state index < -0.39 is 0 Å². The highest BCUT2D eigenvalue weighted by atomic mass is 79.9. The fraction of sp³-hybridized carbons (Fsp3) is 0.125. The number of pyridine rings is 3. The number of aryl methyl sites for hydroxylation is 1. The van der Waals surface area contributed by atoms with Gasteiger partial charge in [0.25, 0.3) is 5.91 Å². The highest BCUT2D eigenvalue weighted by Gasteiger charge is 2.12. The van der Waals surface area contributed by atoms with Gasteiger partial charge in [0.05, 0.1) is 21.9 Å². The second-order valence-electron chi connectivity index (χ2n) is 4.73. The Morgan fingerprint density at radius 1 is 1.18 bits per heavy atom. The summed E-state index contributed by atoms with van der Waals surface area (Å²) >= 11 is 3.40. The Balaban J connectivity index is 1.94. The number of hydrogen-bond donors (Lipinski definition) is 1. The van der Waals surface area contributed by atoms with Crippen LogP contribution in [0.3, 0.4) is 0 Å². The van der Waals surface area contributed by atoms with E-state index in [0.29, 0.717) is 16.9 Å². The van der Waals surface area contributed by atoms with Crippen molar-refractivity contribution in [3.05, 3.63) is 58.7 Å².